The fourth-order valence-corrected chi connectivity index (χ4v) is 8.44. The van der Waals surface area contributed by atoms with Crippen LogP contribution in [0.1, 0.15) is 54.4 Å². The molecular formula is C40H34F3N5O4S. The van der Waals surface area contributed by atoms with Gasteiger partial charge in [-0.1, -0.05) is 6.07 Å². The third-order valence-electron chi connectivity index (χ3n) is 10.1. The van der Waals surface area contributed by atoms with Crippen LogP contribution in [-0.2, 0) is 11.2 Å². The Morgan fingerprint density at radius 1 is 0.887 bits per heavy atom. The molecule has 1 spiro atoms. The van der Waals surface area contributed by atoms with E-state index in [1.54, 1.807) is 42.6 Å². The summed E-state index contributed by atoms with van der Waals surface area (Å²) in [5, 5.41) is 5.26. The van der Waals surface area contributed by atoms with Crippen LogP contribution in [-0.4, -0.2) is 55.6 Å². The standard InChI is InChI=1S/C40H34F3N5O4S/c1-23-17-29(36(44-20-23)47-21-40(22-47)12-15-52-16-13-40)37(49)45-27-8-5-24(6-9-27)39(51)48-14-11-25-18-33(38(50)46-34-30(42)3-2-4-31(34)43)53-35(25)28-10-7-26(41)19-32(28)48/h2-10,17-20H,11-16,21-22H2,1H3,(H,45,49)(H,46,50). The number of carbonyl (C=O) groups is 3. The van der Waals surface area contributed by atoms with Crippen molar-refractivity contribution < 1.29 is 32.3 Å². The van der Waals surface area contributed by atoms with Crippen LogP contribution in [0.15, 0.2) is 79.0 Å². The first-order chi connectivity index (χ1) is 25.6. The molecule has 3 amide bonds. The van der Waals surface area contributed by atoms with Crippen molar-refractivity contribution >= 4 is 51.9 Å². The van der Waals surface area contributed by atoms with E-state index in [1.807, 2.05) is 13.0 Å². The molecule has 2 N–H and O–H groups in total. The molecule has 0 radical (unpaired) electrons. The minimum Gasteiger partial charge on any atom is -0.381 e. The SMILES string of the molecule is Cc1cnc(N2CC3(CCOCC3)C2)c(C(=O)Nc2ccc(C(=O)N3CCc4cc(C(=O)Nc5c(F)cccc5F)sc4-c4ccc(F)cc43)cc2)c1. The van der Waals surface area contributed by atoms with Gasteiger partial charge in [-0.3, -0.25) is 14.4 Å². The summed E-state index contributed by atoms with van der Waals surface area (Å²) in [6.45, 7) is 5.22. The van der Waals surface area contributed by atoms with Gasteiger partial charge in [-0.05, 0) is 104 Å². The number of para-hydroxylation sites is 1. The predicted octanol–water partition coefficient (Wildman–Crippen LogP) is 7.86. The van der Waals surface area contributed by atoms with Gasteiger partial charge in [0.15, 0.2) is 0 Å². The van der Waals surface area contributed by atoms with Crippen molar-refractivity contribution in [2.75, 3.05) is 53.3 Å². The lowest BCUT2D eigenvalue weighted by Crippen LogP contribution is -2.59. The summed E-state index contributed by atoms with van der Waals surface area (Å²) in [6, 6.07) is 17.4. The van der Waals surface area contributed by atoms with Gasteiger partial charge in [-0.25, -0.2) is 18.2 Å². The number of hydrogen-bond donors (Lipinski definition) is 2. The molecule has 0 atom stereocenters. The molecule has 3 aliphatic rings. The molecule has 3 aromatic carbocycles. The van der Waals surface area contributed by atoms with Gasteiger partial charge in [-0.2, -0.15) is 0 Å². The Morgan fingerprint density at radius 2 is 1.62 bits per heavy atom. The van der Waals surface area contributed by atoms with E-state index in [0.29, 0.717) is 45.2 Å². The van der Waals surface area contributed by atoms with E-state index in [-0.39, 0.29) is 28.7 Å². The summed E-state index contributed by atoms with van der Waals surface area (Å²) in [5.74, 6) is -3.06. The smallest absolute Gasteiger partial charge is 0.265 e. The molecule has 53 heavy (non-hydrogen) atoms. The van der Waals surface area contributed by atoms with E-state index < -0.39 is 29.0 Å². The normalized spacial score (nSPS) is 15.9. The Balaban J connectivity index is 0.991. The van der Waals surface area contributed by atoms with E-state index in [2.05, 4.69) is 20.5 Å². The minimum atomic E-state index is -0.898. The van der Waals surface area contributed by atoms with Crippen molar-refractivity contribution in [3.05, 3.63) is 124 Å². The molecule has 5 aromatic rings. The van der Waals surface area contributed by atoms with E-state index in [4.69, 9.17) is 4.74 Å². The molecule has 5 heterocycles. The monoisotopic (exact) mass is 737 g/mol. The lowest BCUT2D eigenvalue weighted by Gasteiger charge is -2.53. The average Bonchev–Trinajstić information content (AvgIpc) is 3.51. The van der Waals surface area contributed by atoms with Gasteiger partial charge >= 0.3 is 0 Å². The molecule has 0 bridgehead atoms. The second-order valence-electron chi connectivity index (χ2n) is 13.8. The molecule has 8 rings (SSSR count). The van der Waals surface area contributed by atoms with Crippen LogP contribution in [0.25, 0.3) is 10.4 Å². The van der Waals surface area contributed by atoms with Crippen LogP contribution in [0, 0.1) is 29.8 Å². The Hall–Kier alpha value is -5.53. The second-order valence-corrected chi connectivity index (χ2v) is 14.8. The number of aromatic nitrogens is 1. The number of amides is 3. The number of nitrogens with one attached hydrogen (secondary N) is 2. The minimum absolute atomic E-state index is 0.175. The van der Waals surface area contributed by atoms with Crippen LogP contribution in [0.5, 0.6) is 0 Å². The third kappa shape index (κ3) is 6.66. The number of nitrogens with zero attached hydrogens (tertiary/aromatic N) is 3. The topological polar surface area (TPSA) is 104 Å². The highest BCUT2D eigenvalue weighted by Gasteiger charge is 2.45. The fraction of sp³-hybridized carbons (Fsp3) is 0.250. The Kier molecular flexibility index (Phi) is 8.99. The molecule has 9 nitrogen and oxygen atoms in total. The maximum Gasteiger partial charge on any atom is 0.265 e. The van der Waals surface area contributed by atoms with Crippen molar-refractivity contribution in [2.45, 2.75) is 26.2 Å². The number of benzene rings is 3. The van der Waals surface area contributed by atoms with Gasteiger partial charge in [0, 0.05) is 66.2 Å². The first-order valence-electron chi connectivity index (χ1n) is 17.3. The average molecular weight is 738 g/mol. The Labute approximate surface area is 307 Å². The molecular weight excluding hydrogens is 704 g/mol. The van der Waals surface area contributed by atoms with Crippen molar-refractivity contribution in [1.82, 2.24) is 4.98 Å². The third-order valence-corrected chi connectivity index (χ3v) is 11.3. The van der Waals surface area contributed by atoms with Gasteiger partial charge in [0.1, 0.15) is 29.0 Å². The largest absolute Gasteiger partial charge is 0.381 e. The zero-order valence-corrected chi connectivity index (χ0v) is 29.5. The molecule has 0 aliphatic carbocycles. The number of carbonyl (C=O) groups excluding carboxylic acids is 3. The number of hydrogen-bond acceptors (Lipinski definition) is 7. The van der Waals surface area contributed by atoms with Crippen molar-refractivity contribution in [2.24, 2.45) is 5.41 Å². The van der Waals surface area contributed by atoms with E-state index in [1.165, 1.54) is 23.1 Å². The van der Waals surface area contributed by atoms with Crippen LogP contribution < -0.4 is 20.4 Å². The first kappa shape index (κ1) is 34.6. The first-order valence-corrected chi connectivity index (χ1v) is 18.1. The molecule has 0 unspecified atom stereocenters. The molecule has 13 heteroatoms. The zero-order chi connectivity index (χ0) is 36.9. The number of fused-ring (bicyclic) bond motifs is 3. The highest BCUT2D eigenvalue weighted by molar-refractivity contribution is 7.17. The number of aryl methyl sites for hydroxylation is 1. The summed E-state index contributed by atoms with van der Waals surface area (Å²) >= 11 is 1.10. The second kappa shape index (κ2) is 13.8. The summed E-state index contributed by atoms with van der Waals surface area (Å²) in [5.41, 5.74) is 3.44. The summed E-state index contributed by atoms with van der Waals surface area (Å²) in [7, 11) is 0. The van der Waals surface area contributed by atoms with Crippen LogP contribution >= 0.6 is 11.3 Å². The highest BCUT2D eigenvalue weighted by Crippen LogP contribution is 2.44. The van der Waals surface area contributed by atoms with Gasteiger partial charge in [0.25, 0.3) is 17.7 Å². The van der Waals surface area contributed by atoms with Gasteiger partial charge in [0.05, 0.1) is 16.1 Å². The number of ether oxygens (including phenoxy) is 1. The molecule has 270 valence electrons. The lowest BCUT2D eigenvalue weighted by atomic mass is 9.73. The zero-order valence-electron chi connectivity index (χ0n) is 28.7. The van der Waals surface area contributed by atoms with E-state index in [9.17, 15) is 27.6 Å². The molecule has 0 saturated carbocycles. The summed E-state index contributed by atoms with van der Waals surface area (Å²) in [6.07, 6.45) is 4.09. The van der Waals surface area contributed by atoms with Gasteiger partial charge < -0.3 is 25.2 Å². The van der Waals surface area contributed by atoms with Gasteiger partial charge in [0.2, 0.25) is 0 Å². The van der Waals surface area contributed by atoms with Gasteiger partial charge in [-0.15, -0.1) is 11.3 Å². The van der Waals surface area contributed by atoms with Crippen LogP contribution in [0.3, 0.4) is 0 Å². The lowest BCUT2D eigenvalue weighted by molar-refractivity contribution is -0.000511. The Bertz CT molecular complexity index is 2240. The van der Waals surface area contributed by atoms with Crippen molar-refractivity contribution in [3.8, 4) is 10.4 Å². The molecule has 2 aromatic heterocycles. The number of pyridine rings is 1. The predicted molar refractivity (Wildman–Crippen MR) is 197 cm³/mol. The Morgan fingerprint density at radius 3 is 2.36 bits per heavy atom. The molecule has 2 saturated heterocycles. The van der Waals surface area contributed by atoms with E-state index >= 15 is 0 Å². The highest BCUT2D eigenvalue weighted by atomic mass is 32.1. The number of anilines is 4. The summed E-state index contributed by atoms with van der Waals surface area (Å²) < 4.78 is 48.7. The maximum absolute atomic E-state index is 14.7. The maximum atomic E-state index is 14.7. The van der Waals surface area contributed by atoms with Crippen molar-refractivity contribution in [3.63, 3.8) is 0 Å². The molecule has 3 aliphatic heterocycles. The fourth-order valence-electron chi connectivity index (χ4n) is 7.30. The number of halogens is 3. The van der Waals surface area contributed by atoms with E-state index in [0.717, 1.165) is 73.7 Å². The number of thiophene rings is 1. The number of rotatable bonds is 6. The molecule has 2 fully saturated rings. The van der Waals surface area contributed by atoms with Crippen LogP contribution in [0.4, 0.5) is 36.1 Å². The summed E-state index contributed by atoms with van der Waals surface area (Å²) in [4.78, 5) is 49.8. The quantitative estimate of drug-likeness (QED) is 0.184. The van der Waals surface area contributed by atoms with Crippen LogP contribution in [0.2, 0.25) is 0 Å². The van der Waals surface area contributed by atoms with Crippen molar-refractivity contribution in [1.29, 1.82) is 0 Å².